The lowest BCUT2D eigenvalue weighted by Crippen LogP contribution is -2.50. The minimum absolute atomic E-state index is 0.133. The average molecular weight is 299 g/mol. The number of hydrogen-bond acceptors (Lipinski definition) is 3. The minimum Gasteiger partial charge on any atom is -0.374 e. The Balaban J connectivity index is 2.71. The summed E-state index contributed by atoms with van der Waals surface area (Å²) in [4.78, 5) is 11.7. The number of anilines is 1. The van der Waals surface area contributed by atoms with E-state index in [1.807, 2.05) is 6.07 Å². The molecule has 1 aromatic carbocycles. The normalized spacial score (nSPS) is 13.4. The van der Waals surface area contributed by atoms with E-state index in [0.717, 1.165) is 12.1 Å². The Hall–Kier alpha value is -2.23. The number of benzene rings is 1. The molecule has 0 saturated carbocycles. The van der Waals surface area contributed by atoms with Crippen molar-refractivity contribution >= 4 is 11.6 Å². The second-order valence-electron chi connectivity index (χ2n) is 5.09. The summed E-state index contributed by atoms with van der Waals surface area (Å²) in [5.74, 6) is -5.00. The molecule has 0 radical (unpaired) electrons. The molecule has 0 heterocycles. The maximum Gasteiger partial charge on any atom is 0.240 e. The lowest BCUT2D eigenvalue weighted by Gasteiger charge is -2.27. The van der Waals surface area contributed by atoms with Gasteiger partial charge < -0.3 is 10.6 Å². The monoisotopic (exact) mass is 299 g/mol. The van der Waals surface area contributed by atoms with Gasteiger partial charge in [-0.05, 0) is 25.0 Å². The molecule has 0 aliphatic carbocycles. The number of nitrogens with zero attached hydrogens (tertiary/aromatic N) is 1. The number of hydrogen-bond donors (Lipinski definition) is 2. The zero-order valence-corrected chi connectivity index (χ0v) is 11.9. The lowest BCUT2D eigenvalue weighted by molar-refractivity contribution is -0.121. The van der Waals surface area contributed by atoms with E-state index in [2.05, 4.69) is 10.6 Å². The number of nitriles is 1. The number of rotatable bonds is 5. The van der Waals surface area contributed by atoms with E-state index in [4.69, 9.17) is 5.26 Å². The zero-order chi connectivity index (χ0) is 16.2. The molecule has 0 spiro atoms. The van der Waals surface area contributed by atoms with Crippen LogP contribution in [-0.4, -0.2) is 18.0 Å². The molecule has 0 saturated heterocycles. The molecule has 1 unspecified atom stereocenters. The summed E-state index contributed by atoms with van der Waals surface area (Å²) in [6.07, 6.45) is 0. The highest BCUT2D eigenvalue weighted by Crippen LogP contribution is 2.19. The summed E-state index contributed by atoms with van der Waals surface area (Å²) in [6.45, 7) is 4.73. The van der Waals surface area contributed by atoms with Gasteiger partial charge in [0.2, 0.25) is 5.91 Å². The summed E-state index contributed by atoms with van der Waals surface area (Å²) in [5.41, 5.74) is -1.39. The molecule has 2 N–H and O–H groups in total. The highest BCUT2D eigenvalue weighted by atomic mass is 19.2. The number of amides is 1. The van der Waals surface area contributed by atoms with E-state index in [1.54, 1.807) is 20.8 Å². The van der Waals surface area contributed by atoms with Crippen molar-refractivity contribution in [2.24, 2.45) is 5.92 Å². The fraction of sp³-hybridized carbons (Fsp3) is 0.429. The SMILES string of the molecule is CC(C)C(C)(C#N)NC(=O)CNc1ccc(F)c(F)c1F. The van der Waals surface area contributed by atoms with E-state index in [0.29, 0.717) is 0 Å². The molecule has 1 aromatic rings. The van der Waals surface area contributed by atoms with E-state index in [1.165, 1.54) is 0 Å². The van der Waals surface area contributed by atoms with Crippen LogP contribution in [0.25, 0.3) is 0 Å². The van der Waals surface area contributed by atoms with Crippen molar-refractivity contribution in [1.29, 1.82) is 5.26 Å². The van der Waals surface area contributed by atoms with Gasteiger partial charge in [0, 0.05) is 0 Å². The molecule has 1 rings (SSSR count). The standard InChI is InChI=1S/C14H16F3N3O/c1-8(2)14(3,7-18)20-11(21)6-19-10-5-4-9(15)12(16)13(10)17/h4-5,8,19H,6H2,1-3H3,(H,20,21). The van der Waals surface area contributed by atoms with Crippen LogP contribution in [0.4, 0.5) is 18.9 Å². The van der Waals surface area contributed by atoms with Crippen molar-refractivity contribution < 1.29 is 18.0 Å². The predicted octanol–water partition coefficient (Wildman–Crippen LogP) is 2.57. The van der Waals surface area contributed by atoms with Crippen LogP contribution in [0.15, 0.2) is 12.1 Å². The van der Waals surface area contributed by atoms with Crippen LogP contribution >= 0.6 is 0 Å². The molecule has 4 nitrogen and oxygen atoms in total. The van der Waals surface area contributed by atoms with E-state index in [-0.39, 0.29) is 18.2 Å². The molecule has 1 amide bonds. The molecule has 0 fully saturated rings. The summed E-state index contributed by atoms with van der Waals surface area (Å²) >= 11 is 0. The van der Waals surface area contributed by atoms with E-state index >= 15 is 0 Å². The molecule has 21 heavy (non-hydrogen) atoms. The van der Waals surface area contributed by atoms with Crippen LogP contribution in [0.5, 0.6) is 0 Å². The van der Waals surface area contributed by atoms with Gasteiger partial charge in [0.15, 0.2) is 17.5 Å². The van der Waals surface area contributed by atoms with Gasteiger partial charge in [-0.15, -0.1) is 0 Å². The Kier molecular flexibility index (Phi) is 5.19. The highest BCUT2D eigenvalue weighted by molar-refractivity contribution is 5.81. The molecule has 0 aliphatic rings. The summed E-state index contributed by atoms with van der Waals surface area (Å²) in [5, 5.41) is 13.9. The topological polar surface area (TPSA) is 64.9 Å². The average Bonchev–Trinajstić information content (AvgIpc) is 2.43. The van der Waals surface area contributed by atoms with Gasteiger partial charge in [0.1, 0.15) is 5.54 Å². The molecular weight excluding hydrogens is 283 g/mol. The number of halogens is 3. The van der Waals surface area contributed by atoms with Crippen LogP contribution in [-0.2, 0) is 4.79 Å². The lowest BCUT2D eigenvalue weighted by atomic mass is 9.90. The number of nitrogens with one attached hydrogen (secondary N) is 2. The summed E-state index contributed by atoms with van der Waals surface area (Å²) in [7, 11) is 0. The van der Waals surface area contributed by atoms with Gasteiger partial charge in [0.25, 0.3) is 0 Å². The molecular formula is C14H16F3N3O. The van der Waals surface area contributed by atoms with Gasteiger partial charge in [-0.2, -0.15) is 5.26 Å². The largest absolute Gasteiger partial charge is 0.374 e. The minimum atomic E-state index is -1.61. The Morgan fingerprint density at radius 2 is 1.95 bits per heavy atom. The number of carbonyl (C=O) groups is 1. The second-order valence-corrected chi connectivity index (χ2v) is 5.09. The summed E-state index contributed by atoms with van der Waals surface area (Å²) < 4.78 is 39.2. The van der Waals surface area contributed by atoms with Gasteiger partial charge in [-0.25, -0.2) is 13.2 Å². The third-order valence-corrected chi connectivity index (χ3v) is 3.26. The van der Waals surface area contributed by atoms with E-state index < -0.39 is 28.9 Å². The first-order chi connectivity index (χ1) is 9.71. The van der Waals surface area contributed by atoms with Gasteiger partial charge in [0.05, 0.1) is 18.3 Å². The predicted molar refractivity (Wildman–Crippen MR) is 71.8 cm³/mol. The molecule has 7 heteroatoms. The third-order valence-electron chi connectivity index (χ3n) is 3.26. The smallest absolute Gasteiger partial charge is 0.240 e. The van der Waals surface area contributed by atoms with Crippen LogP contribution in [0, 0.1) is 34.7 Å². The molecule has 0 bridgehead atoms. The van der Waals surface area contributed by atoms with Gasteiger partial charge >= 0.3 is 0 Å². The van der Waals surface area contributed by atoms with Crippen molar-refractivity contribution in [1.82, 2.24) is 5.32 Å². The third kappa shape index (κ3) is 3.88. The van der Waals surface area contributed by atoms with Crippen LogP contribution in [0.1, 0.15) is 20.8 Å². The maximum atomic E-state index is 13.4. The fourth-order valence-corrected chi connectivity index (χ4v) is 1.47. The fourth-order valence-electron chi connectivity index (χ4n) is 1.47. The Labute approximate surface area is 121 Å². The Morgan fingerprint density at radius 3 is 2.48 bits per heavy atom. The van der Waals surface area contributed by atoms with Crippen LogP contribution in [0.2, 0.25) is 0 Å². The molecule has 0 aliphatic heterocycles. The maximum absolute atomic E-state index is 13.4. The van der Waals surface area contributed by atoms with E-state index in [9.17, 15) is 18.0 Å². The molecule has 114 valence electrons. The van der Waals surface area contributed by atoms with Crippen molar-refractivity contribution in [2.45, 2.75) is 26.3 Å². The van der Waals surface area contributed by atoms with Crippen LogP contribution in [0.3, 0.4) is 0 Å². The Morgan fingerprint density at radius 1 is 1.33 bits per heavy atom. The first-order valence-corrected chi connectivity index (χ1v) is 6.31. The van der Waals surface area contributed by atoms with Crippen molar-refractivity contribution in [3.05, 3.63) is 29.6 Å². The quantitative estimate of drug-likeness (QED) is 0.821. The van der Waals surface area contributed by atoms with Crippen molar-refractivity contribution in [3.8, 4) is 6.07 Å². The Bertz CT molecular complexity index is 584. The van der Waals surface area contributed by atoms with Crippen LogP contribution < -0.4 is 10.6 Å². The molecule has 1 atom stereocenters. The summed E-state index contributed by atoms with van der Waals surface area (Å²) in [6, 6.07) is 3.74. The number of carbonyl (C=O) groups excluding carboxylic acids is 1. The van der Waals surface area contributed by atoms with Crippen molar-refractivity contribution in [2.75, 3.05) is 11.9 Å². The van der Waals surface area contributed by atoms with Gasteiger partial charge in [-0.1, -0.05) is 13.8 Å². The second kappa shape index (κ2) is 6.48. The zero-order valence-electron chi connectivity index (χ0n) is 11.9. The molecule has 0 aromatic heterocycles. The van der Waals surface area contributed by atoms with Gasteiger partial charge in [-0.3, -0.25) is 4.79 Å². The first-order valence-electron chi connectivity index (χ1n) is 6.31. The first kappa shape index (κ1) is 16.8. The van der Waals surface area contributed by atoms with Crippen molar-refractivity contribution in [3.63, 3.8) is 0 Å². The highest BCUT2D eigenvalue weighted by Gasteiger charge is 2.29.